The van der Waals surface area contributed by atoms with Crippen LogP contribution >= 0.6 is 11.8 Å². The summed E-state index contributed by atoms with van der Waals surface area (Å²) in [6.07, 6.45) is 4.84. The van der Waals surface area contributed by atoms with E-state index in [0.29, 0.717) is 6.54 Å². The summed E-state index contributed by atoms with van der Waals surface area (Å²) in [4.78, 5) is 22.1. The van der Waals surface area contributed by atoms with Crippen molar-refractivity contribution in [1.82, 2.24) is 5.32 Å². The number of carbonyl (C=O) groups is 2. The molecule has 0 unspecified atom stereocenters. The van der Waals surface area contributed by atoms with Crippen LogP contribution in [0.5, 0.6) is 0 Å². The molecule has 1 aromatic rings. The molecule has 1 aromatic carbocycles. The summed E-state index contributed by atoms with van der Waals surface area (Å²) in [5.41, 5.74) is 0.352. The van der Waals surface area contributed by atoms with Gasteiger partial charge in [-0.2, -0.15) is 11.8 Å². The monoisotopic (exact) mass is 297 g/mol. The second-order valence-electron chi connectivity index (χ2n) is 4.01. The standard InChI is InChI=1S/C14H16FNO3S/c1-20-8-2-7-16-14(19)11-4-3-10(12(15)9-11)5-6-13(17)18/h3-6,9H,2,7-8H2,1H3,(H,16,19)(H,17,18). The maximum Gasteiger partial charge on any atom is 0.328 e. The molecular formula is C14H16FNO3S. The molecule has 0 atom stereocenters. The van der Waals surface area contributed by atoms with Crippen molar-refractivity contribution >= 4 is 29.7 Å². The Hall–Kier alpha value is -1.82. The van der Waals surface area contributed by atoms with Crippen molar-refractivity contribution in [2.45, 2.75) is 6.42 Å². The lowest BCUT2D eigenvalue weighted by Crippen LogP contribution is -2.24. The predicted molar refractivity (Wildman–Crippen MR) is 78.4 cm³/mol. The number of rotatable bonds is 7. The zero-order chi connectivity index (χ0) is 15.0. The van der Waals surface area contributed by atoms with Crippen LogP contribution in [0.2, 0.25) is 0 Å². The van der Waals surface area contributed by atoms with Gasteiger partial charge in [0.25, 0.3) is 5.91 Å². The third-order valence-corrected chi connectivity index (χ3v) is 3.18. The number of thioether (sulfide) groups is 1. The minimum atomic E-state index is -1.15. The Morgan fingerprint density at radius 3 is 2.80 bits per heavy atom. The molecule has 1 rings (SSSR count). The maximum atomic E-state index is 13.7. The lowest BCUT2D eigenvalue weighted by molar-refractivity contribution is -0.131. The van der Waals surface area contributed by atoms with Crippen molar-refractivity contribution in [3.05, 3.63) is 41.2 Å². The number of carbonyl (C=O) groups excluding carboxylic acids is 1. The van der Waals surface area contributed by atoms with E-state index in [-0.39, 0.29) is 17.0 Å². The topological polar surface area (TPSA) is 66.4 Å². The van der Waals surface area contributed by atoms with Gasteiger partial charge in [0.1, 0.15) is 5.82 Å². The van der Waals surface area contributed by atoms with Crippen LogP contribution in [0.15, 0.2) is 24.3 Å². The first-order valence-corrected chi connectivity index (χ1v) is 7.41. The van der Waals surface area contributed by atoms with E-state index in [9.17, 15) is 14.0 Å². The minimum Gasteiger partial charge on any atom is -0.478 e. The Bertz CT molecular complexity index is 517. The van der Waals surface area contributed by atoms with E-state index in [1.54, 1.807) is 11.8 Å². The molecule has 0 aliphatic carbocycles. The summed E-state index contributed by atoms with van der Waals surface area (Å²) in [5.74, 6) is -1.16. The van der Waals surface area contributed by atoms with Crippen LogP contribution in [0.4, 0.5) is 4.39 Å². The van der Waals surface area contributed by atoms with Gasteiger partial charge in [-0.1, -0.05) is 6.07 Å². The Kier molecular flexibility index (Phi) is 6.79. The Balaban J connectivity index is 2.66. The van der Waals surface area contributed by atoms with Crippen LogP contribution in [-0.2, 0) is 4.79 Å². The summed E-state index contributed by atoms with van der Waals surface area (Å²) in [5, 5.41) is 11.2. The molecule has 0 spiro atoms. The van der Waals surface area contributed by atoms with Gasteiger partial charge in [-0.3, -0.25) is 4.79 Å². The minimum absolute atomic E-state index is 0.131. The van der Waals surface area contributed by atoms with Crippen LogP contribution in [0.25, 0.3) is 6.08 Å². The zero-order valence-electron chi connectivity index (χ0n) is 11.1. The van der Waals surface area contributed by atoms with Crippen LogP contribution in [0, 0.1) is 5.82 Å². The van der Waals surface area contributed by atoms with Gasteiger partial charge in [0.05, 0.1) is 0 Å². The number of benzene rings is 1. The summed E-state index contributed by atoms with van der Waals surface area (Å²) in [6, 6.07) is 3.95. The van der Waals surface area contributed by atoms with Gasteiger partial charge in [0, 0.05) is 23.7 Å². The van der Waals surface area contributed by atoms with Crippen molar-refractivity contribution in [1.29, 1.82) is 0 Å². The molecule has 20 heavy (non-hydrogen) atoms. The average molecular weight is 297 g/mol. The fraction of sp³-hybridized carbons (Fsp3) is 0.286. The molecule has 108 valence electrons. The number of carboxylic acid groups (broad SMARTS) is 1. The number of amides is 1. The van der Waals surface area contributed by atoms with E-state index in [4.69, 9.17) is 5.11 Å². The number of carboxylic acids is 1. The van der Waals surface area contributed by atoms with Crippen molar-refractivity contribution in [3.8, 4) is 0 Å². The quantitative estimate of drug-likeness (QED) is 0.599. The van der Waals surface area contributed by atoms with Crippen LogP contribution in [0.3, 0.4) is 0 Å². The highest BCUT2D eigenvalue weighted by atomic mass is 32.2. The molecule has 0 aliphatic rings. The summed E-state index contributed by atoms with van der Waals surface area (Å²) >= 11 is 1.69. The Morgan fingerprint density at radius 2 is 2.20 bits per heavy atom. The van der Waals surface area contributed by atoms with Gasteiger partial charge in [-0.05, 0) is 36.6 Å². The largest absolute Gasteiger partial charge is 0.478 e. The van der Waals surface area contributed by atoms with Crippen molar-refractivity contribution in [2.24, 2.45) is 0 Å². The number of nitrogens with one attached hydrogen (secondary N) is 1. The second-order valence-corrected chi connectivity index (χ2v) is 5.00. The third kappa shape index (κ3) is 5.44. The molecule has 1 amide bonds. The lowest BCUT2D eigenvalue weighted by atomic mass is 10.1. The van der Waals surface area contributed by atoms with E-state index in [2.05, 4.69) is 5.32 Å². The summed E-state index contributed by atoms with van der Waals surface area (Å²) in [6.45, 7) is 0.544. The van der Waals surface area contributed by atoms with Crippen LogP contribution in [-0.4, -0.2) is 35.5 Å². The van der Waals surface area contributed by atoms with Gasteiger partial charge >= 0.3 is 5.97 Å². The van der Waals surface area contributed by atoms with E-state index < -0.39 is 11.8 Å². The number of hydrogen-bond donors (Lipinski definition) is 2. The molecule has 0 fully saturated rings. The SMILES string of the molecule is CSCCCNC(=O)c1ccc(C=CC(=O)O)c(F)c1. The molecule has 0 aromatic heterocycles. The van der Waals surface area contributed by atoms with Gasteiger partial charge in [0.15, 0.2) is 0 Å². The van der Waals surface area contributed by atoms with Crippen LogP contribution in [0.1, 0.15) is 22.3 Å². The number of aliphatic carboxylic acids is 1. The molecule has 6 heteroatoms. The molecule has 0 saturated heterocycles. The van der Waals surface area contributed by atoms with Crippen molar-refractivity contribution in [3.63, 3.8) is 0 Å². The van der Waals surface area contributed by atoms with E-state index in [1.165, 1.54) is 12.1 Å². The molecule has 0 radical (unpaired) electrons. The smallest absolute Gasteiger partial charge is 0.328 e. The first-order valence-electron chi connectivity index (χ1n) is 6.02. The average Bonchev–Trinajstić information content (AvgIpc) is 2.41. The van der Waals surface area contributed by atoms with Gasteiger partial charge in [-0.15, -0.1) is 0 Å². The van der Waals surface area contributed by atoms with Gasteiger partial charge in [0.2, 0.25) is 0 Å². The van der Waals surface area contributed by atoms with E-state index in [1.807, 2.05) is 6.26 Å². The van der Waals surface area contributed by atoms with E-state index >= 15 is 0 Å². The predicted octanol–water partition coefficient (Wildman–Crippen LogP) is 2.41. The van der Waals surface area contributed by atoms with Crippen molar-refractivity contribution < 1.29 is 19.1 Å². The highest BCUT2D eigenvalue weighted by molar-refractivity contribution is 7.98. The molecule has 0 heterocycles. The third-order valence-electron chi connectivity index (χ3n) is 2.48. The maximum absolute atomic E-state index is 13.7. The Morgan fingerprint density at radius 1 is 1.45 bits per heavy atom. The summed E-state index contributed by atoms with van der Waals surface area (Å²) in [7, 11) is 0. The first-order chi connectivity index (χ1) is 9.54. The normalized spacial score (nSPS) is 10.7. The number of hydrogen-bond acceptors (Lipinski definition) is 3. The van der Waals surface area contributed by atoms with Crippen LogP contribution < -0.4 is 5.32 Å². The number of halogens is 1. The molecule has 4 nitrogen and oxygen atoms in total. The second kappa shape index (κ2) is 8.37. The Labute approximate surface area is 121 Å². The lowest BCUT2D eigenvalue weighted by Gasteiger charge is -2.05. The fourth-order valence-corrected chi connectivity index (χ4v) is 1.92. The van der Waals surface area contributed by atoms with Gasteiger partial charge in [-0.25, -0.2) is 9.18 Å². The molecule has 0 aliphatic heterocycles. The highest BCUT2D eigenvalue weighted by Gasteiger charge is 2.08. The van der Waals surface area contributed by atoms with E-state index in [0.717, 1.165) is 30.4 Å². The highest BCUT2D eigenvalue weighted by Crippen LogP contribution is 2.12. The molecule has 0 saturated carbocycles. The first kappa shape index (κ1) is 16.2. The molecule has 2 N–H and O–H groups in total. The fourth-order valence-electron chi connectivity index (χ4n) is 1.49. The zero-order valence-corrected chi connectivity index (χ0v) is 11.9. The van der Waals surface area contributed by atoms with Gasteiger partial charge < -0.3 is 10.4 Å². The van der Waals surface area contributed by atoms with Crippen molar-refractivity contribution in [2.75, 3.05) is 18.6 Å². The molecular weight excluding hydrogens is 281 g/mol. The molecule has 0 bridgehead atoms. The summed E-state index contributed by atoms with van der Waals surface area (Å²) < 4.78 is 13.7.